The molecule has 3 nitrogen and oxygen atoms in total. The minimum absolute atomic E-state index is 0.154. The molecule has 0 bridgehead atoms. The summed E-state index contributed by atoms with van der Waals surface area (Å²) < 4.78 is 13.5. The van der Waals surface area contributed by atoms with E-state index in [1.165, 1.54) is 18.2 Å². The highest BCUT2D eigenvalue weighted by Crippen LogP contribution is 2.22. The molecule has 1 aliphatic heterocycles. The summed E-state index contributed by atoms with van der Waals surface area (Å²) in [5.74, 6) is -0.542. The van der Waals surface area contributed by atoms with E-state index in [4.69, 9.17) is 18.0 Å². The maximum Gasteiger partial charge on any atom is 0.254 e. The van der Waals surface area contributed by atoms with Crippen LogP contribution >= 0.6 is 28.1 Å². The van der Waals surface area contributed by atoms with Crippen LogP contribution in [0.5, 0.6) is 0 Å². The lowest BCUT2D eigenvalue weighted by atomic mass is 10.0. The van der Waals surface area contributed by atoms with Crippen molar-refractivity contribution in [1.82, 2.24) is 4.90 Å². The van der Waals surface area contributed by atoms with Crippen molar-refractivity contribution in [3.8, 4) is 0 Å². The molecule has 2 rings (SSSR count). The van der Waals surface area contributed by atoms with Crippen LogP contribution in [-0.4, -0.2) is 28.4 Å². The van der Waals surface area contributed by atoms with Gasteiger partial charge in [0, 0.05) is 12.1 Å². The zero-order valence-corrected chi connectivity index (χ0v) is 12.6. The molecule has 19 heavy (non-hydrogen) atoms. The molecule has 1 saturated heterocycles. The largest absolute Gasteiger partial charge is 0.392 e. The molecule has 1 atom stereocenters. The van der Waals surface area contributed by atoms with E-state index in [0.29, 0.717) is 17.1 Å². The predicted octanol–water partition coefficient (Wildman–Crippen LogP) is 2.87. The van der Waals surface area contributed by atoms with Gasteiger partial charge in [0.2, 0.25) is 0 Å². The van der Waals surface area contributed by atoms with Crippen LogP contribution in [-0.2, 0) is 0 Å². The highest BCUT2D eigenvalue weighted by atomic mass is 79.9. The van der Waals surface area contributed by atoms with E-state index in [0.717, 1.165) is 19.3 Å². The van der Waals surface area contributed by atoms with Crippen LogP contribution in [0.25, 0.3) is 0 Å². The number of carbonyl (C=O) groups is 1. The van der Waals surface area contributed by atoms with Gasteiger partial charge in [-0.2, -0.15) is 0 Å². The molecule has 1 aromatic carbocycles. The lowest BCUT2D eigenvalue weighted by Crippen LogP contribution is -2.49. The van der Waals surface area contributed by atoms with Crippen LogP contribution in [0.15, 0.2) is 22.7 Å². The van der Waals surface area contributed by atoms with E-state index < -0.39 is 0 Å². The Kier molecular flexibility index (Phi) is 4.52. The quantitative estimate of drug-likeness (QED) is 0.839. The number of benzene rings is 1. The van der Waals surface area contributed by atoms with Gasteiger partial charge in [-0.25, -0.2) is 4.39 Å². The Morgan fingerprint density at radius 1 is 1.47 bits per heavy atom. The van der Waals surface area contributed by atoms with Gasteiger partial charge in [-0.05, 0) is 53.4 Å². The molecule has 0 aliphatic carbocycles. The molecule has 102 valence electrons. The fourth-order valence-corrected chi connectivity index (χ4v) is 2.89. The van der Waals surface area contributed by atoms with Gasteiger partial charge in [-0.1, -0.05) is 12.2 Å². The SMILES string of the molecule is NC(=S)C1CCCCN1C(=O)c1ccc(F)c(Br)c1. The molecule has 0 spiro atoms. The first-order chi connectivity index (χ1) is 9.00. The Hall–Kier alpha value is -1.01. The van der Waals surface area contributed by atoms with Crippen LogP contribution < -0.4 is 5.73 Å². The smallest absolute Gasteiger partial charge is 0.254 e. The van der Waals surface area contributed by atoms with Crippen LogP contribution in [0.2, 0.25) is 0 Å². The second-order valence-corrected chi connectivity index (χ2v) is 5.87. The Morgan fingerprint density at radius 3 is 2.84 bits per heavy atom. The average molecular weight is 345 g/mol. The van der Waals surface area contributed by atoms with E-state index in [1.54, 1.807) is 4.90 Å². The minimum Gasteiger partial charge on any atom is -0.392 e. The van der Waals surface area contributed by atoms with Crippen molar-refractivity contribution in [3.63, 3.8) is 0 Å². The zero-order valence-electron chi connectivity index (χ0n) is 10.2. The highest BCUT2D eigenvalue weighted by molar-refractivity contribution is 9.10. The molecule has 1 heterocycles. The molecule has 6 heteroatoms. The summed E-state index contributed by atoms with van der Waals surface area (Å²) in [7, 11) is 0. The second kappa shape index (κ2) is 5.96. The molecule has 0 aromatic heterocycles. The molecule has 1 amide bonds. The van der Waals surface area contributed by atoms with Gasteiger partial charge in [0.05, 0.1) is 15.5 Å². The fourth-order valence-electron chi connectivity index (χ4n) is 2.27. The topological polar surface area (TPSA) is 46.3 Å². The normalized spacial score (nSPS) is 19.3. The predicted molar refractivity (Wildman–Crippen MR) is 79.6 cm³/mol. The maximum atomic E-state index is 13.2. The number of nitrogens with zero attached hydrogens (tertiary/aromatic N) is 1. The van der Waals surface area contributed by atoms with Crippen molar-refractivity contribution in [3.05, 3.63) is 34.1 Å². The summed E-state index contributed by atoms with van der Waals surface area (Å²) in [5.41, 5.74) is 6.14. The summed E-state index contributed by atoms with van der Waals surface area (Å²) in [6.07, 6.45) is 2.75. The summed E-state index contributed by atoms with van der Waals surface area (Å²) >= 11 is 8.11. The lowest BCUT2D eigenvalue weighted by Gasteiger charge is -2.35. The molecular weight excluding hydrogens is 331 g/mol. The van der Waals surface area contributed by atoms with Crippen molar-refractivity contribution in [2.24, 2.45) is 5.73 Å². The number of thiocarbonyl (C=S) groups is 1. The van der Waals surface area contributed by atoms with Gasteiger partial charge >= 0.3 is 0 Å². The van der Waals surface area contributed by atoms with E-state index in [9.17, 15) is 9.18 Å². The van der Waals surface area contributed by atoms with Crippen LogP contribution in [0, 0.1) is 5.82 Å². The molecule has 1 unspecified atom stereocenters. The van der Waals surface area contributed by atoms with E-state index in [2.05, 4.69) is 15.9 Å². The highest BCUT2D eigenvalue weighted by Gasteiger charge is 2.29. The first-order valence-electron chi connectivity index (χ1n) is 6.06. The van der Waals surface area contributed by atoms with Crippen LogP contribution in [0.3, 0.4) is 0 Å². The number of piperidine rings is 1. The van der Waals surface area contributed by atoms with Crippen molar-refractivity contribution < 1.29 is 9.18 Å². The second-order valence-electron chi connectivity index (χ2n) is 4.54. The van der Waals surface area contributed by atoms with Crippen LogP contribution in [0.1, 0.15) is 29.6 Å². The van der Waals surface area contributed by atoms with Crippen LogP contribution in [0.4, 0.5) is 4.39 Å². The first-order valence-corrected chi connectivity index (χ1v) is 7.26. The van der Waals surface area contributed by atoms with E-state index in [1.807, 2.05) is 0 Å². The molecule has 0 saturated carbocycles. The van der Waals surface area contributed by atoms with Gasteiger partial charge in [0.1, 0.15) is 5.82 Å². The Balaban J connectivity index is 2.26. The van der Waals surface area contributed by atoms with Crippen molar-refractivity contribution in [1.29, 1.82) is 0 Å². The summed E-state index contributed by atoms with van der Waals surface area (Å²) in [6.45, 7) is 0.635. The third-order valence-corrected chi connectivity index (χ3v) is 4.14. The van der Waals surface area contributed by atoms with Gasteiger partial charge in [-0.3, -0.25) is 4.79 Å². The molecule has 1 aromatic rings. The summed E-state index contributed by atoms with van der Waals surface area (Å²) in [4.78, 5) is 14.5. The van der Waals surface area contributed by atoms with E-state index in [-0.39, 0.29) is 22.2 Å². The Labute approximate surface area is 125 Å². The molecule has 1 fully saturated rings. The molecule has 0 radical (unpaired) electrons. The van der Waals surface area contributed by atoms with Gasteiger partial charge < -0.3 is 10.6 Å². The standard InChI is InChI=1S/C13H14BrFN2OS/c14-9-7-8(4-5-10(9)15)13(18)17-6-2-1-3-11(17)12(16)19/h4-5,7,11H,1-3,6H2,(H2,16,19). The summed E-state index contributed by atoms with van der Waals surface area (Å²) in [6, 6.07) is 4.05. The number of likely N-dealkylation sites (tertiary alicyclic amines) is 1. The molecule has 1 aliphatic rings. The monoisotopic (exact) mass is 344 g/mol. The van der Waals surface area contributed by atoms with Gasteiger partial charge in [0.25, 0.3) is 5.91 Å². The number of rotatable bonds is 2. The maximum absolute atomic E-state index is 13.2. The van der Waals surface area contributed by atoms with Gasteiger partial charge in [0.15, 0.2) is 0 Å². The third kappa shape index (κ3) is 3.12. The lowest BCUT2D eigenvalue weighted by molar-refractivity contribution is 0.0681. The zero-order chi connectivity index (χ0) is 14.0. The van der Waals surface area contributed by atoms with Gasteiger partial charge in [-0.15, -0.1) is 0 Å². The number of hydrogen-bond donors (Lipinski definition) is 1. The number of hydrogen-bond acceptors (Lipinski definition) is 2. The Bertz CT molecular complexity index is 523. The number of amides is 1. The number of nitrogens with two attached hydrogens (primary N) is 1. The molecule has 2 N–H and O–H groups in total. The van der Waals surface area contributed by atoms with Crippen molar-refractivity contribution in [2.45, 2.75) is 25.3 Å². The van der Waals surface area contributed by atoms with E-state index >= 15 is 0 Å². The van der Waals surface area contributed by atoms with Crippen molar-refractivity contribution in [2.75, 3.05) is 6.54 Å². The molecular formula is C13H14BrFN2OS. The minimum atomic E-state index is -0.388. The third-order valence-electron chi connectivity index (χ3n) is 3.26. The average Bonchev–Trinajstić information content (AvgIpc) is 2.41. The Morgan fingerprint density at radius 2 is 2.21 bits per heavy atom. The summed E-state index contributed by atoms with van der Waals surface area (Å²) in [5, 5.41) is 0. The number of halogens is 2. The first kappa shape index (κ1) is 14.4. The number of carbonyl (C=O) groups excluding carboxylic acids is 1. The van der Waals surface area contributed by atoms with Crippen molar-refractivity contribution >= 4 is 39.0 Å². The fraction of sp³-hybridized carbons (Fsp3) is 0.385.